The molecule has 0 bridgehead atoms. The molecule has 2 saturated heterocycles. The van der Waals surface area contributed by atoms with E-state index in [1.807, 2.05) is 43.1 Å². The first kappa shape index (κ1) is 27.2. The number of piperazine rings is 1. The number of aryl methyl sites for hydroxylation is 1. The highest BCUT2D eigenvalue weighted by Gasteiger charge is 2.29. The van der Waals surface area contributed by atoms with Crippen molar-refractivity contribution in [3.8, 4) is 23.0 Å². The molecule has 2 fully saturated rings. The van der Waals surface area contributed by atoms with Crippen molar-refractivity contribution in [3.05, 3.63) is 77.0 Å². The van der Waals surface area contributed by atoms with Crippen molar-refractivity contribution in [2.24, 2.45) is 0 Å². The van der Waals surface area contributed by atoms with Crippen LogP contribution in [0.15, 0.2) is 48.8 Å². The number of nitrogens with zero attached hydrogens (tertiary/aromatic N) is 4. The highest BCUT2D eigenvalue weighted by Crippen LogP contribution is 2.30. The summed E-state index contributed by atoms with van der Waals surface area (Å²) in [7, 11) is 1.82. The number of pyridine rings is 2. The maximum atomic E-state index is 15.5. The normalized spacial score (nSPS) is 17.8. The van der Waals surface area contributed by atoms with E-state index in [0.29, 0.717) is 36.7 Å². The lowest BCUT2D eigenvalue weighted by molar-refractivity contribution is -0.0480. The molecule has 2 N–H and O–H groups in total. The molecule has 204 valence electrons. The first-order chi connectivity index (χ1) is 19.1. The topological polar surface area (TPSA) is 73.8 Å². The largest absolute Gasteiger partial charge is 0.381 e. The predicted molar refractivity (Wildman–Crippen MR) is 151 cm³/mol. The highest BCUT2D eigenvalue weighted by molar-refractivity contribution is 5.72. The number of benzene rings is 1. The molecule has 5 rings (SSSR count). The third-order valence-electron chi connectivity index (χ3n) is 7.71. The Morgan fingerprint density at radius 2 is 1.87 bits per heavy atom. The molecule has 0 spiro atoms. The molecule has 3 aromatic rings. The maximum absolute atomic E-state index is 15.5. The number of ether oxygens (including phenoxy) is 1. The zero-order chi connectivity index (χ0) is 27.2. The number of aliphatic hydroxyl groups is 1. The van der Waals surface area contributed by atoms with Gasteiger partial charge in [-0.05, 0) is 49.1 Å². The van der Waals surface area contributed by atoms with E-state index in [-0.39, 0.29) is 0 Å². The Labute approximate surface area is 230 Å². The molecule has 39 heavy (non-hydrogen) atoms. The molecule has 1 aromatic carbocycles. The molecule has 2 aliphatic heterocycles. The molecule has 0 amide bonds. The molecule has 2 aromatic heterocycles. The van der Waals surface area contributed by atoms with E-state index < -0.39 is 12.0 Å². The van der Waals surface area contributed by atoms with Crippen LogP contribution in [-0.4, -0.2) is 77.4 Å². The van der Waals surface area contributed by atoms with E-state index in [1.165, 1.54) is 6.07 Å². The second-order valence-electron chi connectivity index (χ2n) is 9.99. The smallest absolute Gasteiger partial charge is 0.136 e. The number of anilines is 1. The zero-order valence-electron chi connectivity index (χ0n) is 22.7. The molecule has 1 unspecified atom stereocenters. The zero-order valence-corrected chi connectivity index (χ0v) is 22.7. The van der Waals surface area contributed by atoms with E-state index in [4.69, 9.17) is 4.74 Å². The molecular weight excluding hydrogens is 493 g/mol. The van der Waals surface area contributed by atoms with Crippen LogP contribution in [0.1, 0.15) is 48.4 Å². The second-order valence-corrected chi connectivity index (χ2v) is 9.99. The first-order valence-corrected chi connectivity index (χ1v) is 13.7. The van der Waals surface area contributed by atoms with Gasteiger partial charge in [-0.25, -0.2) is 9.37 Å². The summed E-state index contributed by atoms with van der Waals surface area (Å²) in [4.78, 5) is 13.3. The van der Waals surface area contributed by atoms with Gasteiger partial charge in [0.15, 0.2) is 0 Å². The summed E-state index contributed by atoms with van der Waals surface area (Å²) in [5.74, 6) is 6.79. The SMILES string of the molecule is CCc1nccc(-c2ccc(C(O)N3CCN(C4CCOCC4)CC3)c(F)c2)c1C#Cc1ccc(NC)nc1. The van der Waals surface area contributed by atoms with Gasteiger partial charge in [0.05, 0.1) is 11.3 Å². The van der Waals surface area contributed by atoms with Gasteiger partial charge in [-0.1, -0.05) is 30.9 Å². The minimum Gasteiger partial charge on any atom is -0.381 e. The highest BCUT2D eigenvalue weighted by atomic mass is 19.1. The average Bonchev–Trinajstić information content (AvgIpc) is 3.00. The number of aliphatic hydroxyl groups excluding tert-OH is 1. The molecule has 0 saturated carbocycles. The van der Waals surface area contributed by atoms with E-state index in [9.17, 15) is 5.11 Å². The molecule has 0 aliphatic carbocycles. The fourth-order valence-corrected chi connectivity index (χ4v) is 5.40. The predicted octanol–water partition coefficient (Wildman–Crippen LogP) is 4.07. The van der Waals surface area contributed by atoms with Crippen molar-refractivity contribution in [3.63, 3.8) is 0 Å². The van der Waals surface area contributed by atoms with Gasteiger partial charge in [0, 0.05) is 81.6 Å². The quantitative estimate of drug-likeness (QED) is 0.467. The maximum Gasteiger partial charge on any atom is 0.136 e. The fourth-order valence-electron chi connectivity index (χ4n) is 5.40. The van der Waals surface area contributed by atoms with Crippen LogP contribution in [0.3, 0.4) is 0 Å². The molecule has 1 atom stereocenters. The molecular formula is C31H36FN5O2. The van der Waals surface area contributed by atoms with Crippen LogP contribution >= 0.6 is 0 Å². The van der Waals surface area contributed by atoms with E-state index in [2.05, 4.69) is 32.0 Å². The summed E-state index contributed by atoms with van der Waals surface area (Å²) >= 11 is 0. The summed E-state index contributed by atoms with van der Waals surface area (Å²) in [6.45, 7) is 6.80. The van der Waals surface area contributed by atoms with Crippen LogP contribution in [0.25, 0.3) is 11.1 Å². The van der Waals surface area contributed by atoms with E-state index in [0.717, 1.165) is 67.3 Å². The molecule has 4 heterocycles. The Balaban J connectivity index is 1.34. The van der Waals surface area contributed by atoms with Gasteiger partial charge in [0.2, 0.25) is 0 Å². The van der Waals surface area contributed by atoms with Gasteiger partial charge in [-0.15, -0.1) is 0 Å². The number of hydrogen-bond acceptors (Lipinski definition) is 7. The van der Waals surface area contributed by atoms with Crippen molar-refractivity contribution in [1.82, 2.24) is 19.8 Å². The van der Waals surface area contributed by atoms with Crippen LogP contribution in [0.2, 0.25) is 0 Å². The first-order valence-electron chi connectivity index (χ1n) is 13.7. The van der Waals surface area contributed by atoms with Gasteiger partial charge < -0.3 is 15.2 Å². The molecule has 7 nitrogen and oxygen atoms in total. The summed E-state index contributed by atoms with van der Waals surface area (Å²) in [5, 5.41) is 14.1. The minimum atomic E-state index is -0.980. The molecule has 8 heteroatoms. The Bertz CT molecular complexity index is 1320. The third kappa shape index (κ3) is 6.29. The number of aromatic nitrogens is 2. The monoisotopic (exact) mass is 529 g/mol. The Morgan fingerprint density at radius 3 is 2.54 bits per heavy atom. The summed E-state index contributed by atoms with van der Waals surface area (Å²) in [5.41, 5.74) is 4.23. The van der Waals surface area contributed by atoms with Crippen molar-refractivity contribution in [1.29, 1.82) is 0 Å². The second kappa shape index (κ2) is 12.7. The van der Waals surface area contributed by atoms with Gasteiger partial charge in [0.25, 0.3) is 0 Å². The van der Waals surface area contributed by atoms with E-state index >= 15 is 4.39 Å². The standard InChI is InChI=1S/C31H36FN5O2/c1-3-29-26(7-4-22-5-9-30(33-2)35-21-22)25(10-13-34-29)23-6-8-27(28(32)20-23)31(38)37-16-14-36(15-17-37)24-11-18-39-19-12-24/h5-6,8-10,13,20-21,24,31,38H,3,11-12,14-19H2,1-2H3,(H,33,35). The van der Waals surface area contributed by atoms with Crippen LogP contribution in [0.4, 0.5) is 10.2 Å². The fraction of sp³-hybridized carbons (Fsp3) is 0.419. The molecule has 2 aliphatic rings. The lowest BCUT2D eigenvalue weighted by Crippen LogP contribution is -2.52. The Morgan fingerprint density at radius 1 is 1.08 bits per heavy atom. The van der Waals surface area contributed by atoms with Crippen molar-refractivity contribution in [2.75, 3.05) is 51.8 Å². The summed E-state index contributed by atoms with van der Waals surface area (Å²) in [6.07, 6.45) is 5.29. The number of hydrogen-bond donors (Lipinski definition) is 2. The van der Waals surface area contributed by atoms with Crippen molar-refractivity contribution >= 4 is 5.82 Å². The summed E-state index contributed by atoms with van der Waals surface area (Å²) in [6, 6.07) is 11.3. The van der Waals surface area contributed by atoms with Gasteiger partial charge in [0.1, 0.15) is 17.9 Å². The van der Waals surface area contributed by atoms with Crippen molar-refractivity contribution < 1.29 is 14.2 Å². The Hall–Kier alpha value is -3.35. The summed E-state index contributed by atoms with van der Waals surface area (Å²) < 4.78 is 21.0. The van der Waals surface area contributed by atoms with Crippen LogP contribution in [0.5, 0.6) is 0 Å². The average molecular weight is 530 g/mol. The van der Waals surface area contributed by atoms with Crippen LogP contribution < -0.4 is 5.32 Å². The van der Waals surface area contributed by atoms with Gasteiger partial charge >= 0.3 is 0 Å². The Kier molecular flexibility index (Phi) is 8.84. The number of nitrogens with one attached hydrogen (secondary N) is 1. The van der Waals surface area contributed by atoms with Gasteiger partial charge in [-0.2, -0.15) is 0 Å². The van der Waals surface area contributed by atoms with Crippen molar-refractivity contribution in [2.45, 2.75) is 38.5 Å². The van der Waals surface area contributed by atoms with Gasteiger partial charge in [-0.3, -0.25) is 14.8 Å². The van der Waals surface area contributed by atoms with Crippen LogP contribution in [-0.2, 0) is 11.2 Å². The molecule has 0 radical (unpaired) electrons. The lowest BCUT2D eigenvalue weighted by atomic mass is 9.96. The lowest BCUT2D eigenvalue weighted by Gasteiger charge is -2.42. The third-order valence-corrected chi connectivity index (χ3v) is 7.71. The van der Waals surface area contributed by atoms with Crippen LogP contribution in [0, 0.1) is 17.7 Å². The number of rotatable bonds is 6. The number of halogens is 1. The minimum absolute atomic E-state index is 0.298. The van der Waals surface area contributed by atoms with E-state index in [1.54, 1.807) is 18.5 Å².